The fourth-order valence-electron chi connectivity index (χ4n) is 1.98. The second-order valence-corrected chi connectivity index (χ2v) is 4.82. The highest BCUT2D eigenvalue weighted by molar-refractivity contribution is 5.50. The molecule has 0 spiro atoms. The van der Waals surface area contributed by atoms with E-state index in [1.807, 2.05) is 0 Å². The van der Waals surface area contributed by atoms with Crippen molar-refractivity contribution >= 4 is 5.69 Å². The first-order chi connectivity index (χ1) is 8.08. The molecule has 96 valence electrons. The van der Waals surface area contributed by atoms with Gasteiger partial charge in [-0.1, -0.05) is 19.9 Å². The minimum atomic E-state index is 0.539. The summed E-state index contributed by atoms with van der Waals surface area (Å²) in [5.74, 6) is 0. The molecular formula is C15H26N2. The molecule has 0 saturated heterocycles. The lowest BCUT2D eigenvalue weighted by atomic mass is 10.1. The summed E-state index contributed by atoms with van der Waals surface area (Å²) in [5.41, 5.74) is 4.11. The highest BCUT2D eigenvalue weighted by Crippen LogP contribution is 2.19. The predicted octanol–water partition coefficient (Wildman–Crippen LogP) is 3.34. The standard InChI is InChI=1S/C15H26N2/c1-6-17(7-2)15-9-8-14(13(5)10-15)11-16-12(3)4/h8-10,12,16H,6-7,11H2,1-5H3. The van der Waals surface area contributed by atoms with E-state index in [-0.39, 0.29) is 0 Å². The maximum absolute atomic E-state index is 3.47. The highest BCUT2D eigenvalue weighted by atomic mass is 15.1. The van der Waals surface area contributed by atoms with Crippen LogP contribution in [0.15, 0.2) is 18.2 Å². The van der Waals surface area contributed by atoms with Crippen molar-refractivity contribution in [2.75, 3.05) is 18.0 Å². The Hall–Kier alpha value is -1.02. The lowest BCUT2D eigenvalue weighted by Crippen LogP contribution is -2.23. The van der Waals surface area contributed by atoms with Gasteiger partial charge in [-0.3, -0.25) is 0 Å². The third-order valence-electron chi connectivity index (χ3n) is 3.16. The number of nitrogens with one attached hydrogen (secondary N) is 1. The SMILES string of the molecule is CCN(CC)c1ccc(CNC(C)C)c(C)c1. The van der Waals surface area contributed by atoms with E-state index in [9.17, 15) is 0 Å². The van der Waals surface area contributed by atoms with E-state index in [0.717, 1.165) is 19.6 Å². The minimum Gasteiger partial charge on any atom is -0.372 e. The molecule has 0 heterocycles. The third kappa shape index (κ3) is 4.04. The van der Waals surface area contributed by atoms with E-state index in [2.05, 4.69) is 63.0 Å². The van der Waals surface area contributed by atoms with Crippen LogP contribution in [0.5, 0.6) is 0 Å². The second kappa shape index (κ2) is 6.65. The summed E-state index contributed by atoms with van der Waals surface area (Å²) >= 11 is 0. The molecule has 0 amide bonds. The van der Waals surface area contributed by atoms with Crippen LogP contribution < -0.4 is 10.2 Å². The molecule has 1 N–H and O–H groups in total. The summed E-state index contributed by atoms with van der Waals surface area (Å²) < 4.78 is 0. The lowest BCUT2D eigenvalue weighted by molar-refractivity contribution is 0.587. The quantitative estimate of drug-likeness (QED) is 0.812. The Balaban J connectivity index is 2.78. The molecule has 1 aromatic carbocycles. The fraction of sp³-hybridized carbons (Fsp3) is 0.600. The number of hydrogen-bond acceptors (Lipinski definition) is 2. The minimum absolute atomic E-state index is 0.539. The average molecular weight is 234 g/mol. The van der Waals surface area contributed by atoms with Gasteiger partial charge < -0.3 is 10.2 Å². The van der Waals surface area contributed by atoms with Gasteiger partial charge >= 0.3 is 0 Å². The van der Waals surface area contributed by atoms with E-state index in [1.54, 1.807) is 0 Å². The molecule has 0 unspecified atom stereocenters. The Bertz CT molecular complexity index is 341. The van der Waals surface area contributed by atoms with Gasteiger partial charge in [0, 0.05) is 31.4 Å². The molecule has 0 aliphatic carbocycles. The van der Waals surface area contributed by atoms with Gasteiger partial charge in [-0.2, -0.15) is 0 Å². The van der Waals surface area contributed by atoms with Gasteiger partial charge in [0.25, 0.3) is 0 Å². The number of anilines is 1. The zero-order valence-corrected chi connectivity index (χ0v) is 11.9. The second-order valence-electron chi connectivity index (χ2n) is 4.82. The zero-order chi connectivity index (χ0) is 12.8. The maximum atomic E-state index is 3.47. The number of benzene rings is 1. The molecule has 1 rings (SSSR count). The summed E-state index contributed by atoms with van der Waals surface area (Å²) in [4.78, 5) is 2.38. The molecule has 0 atom stereocenters. The topological polar surface area (TPSA) is 15.3 Å². The van der Waals surface area contributed by atoms with Crippen molar-refractivity contribution in [3.63, 3.8) is 0 Å². The van der Waals surface area contributed by atoms with Crippen molar-refractivity contribution in [1.82, 2.24) is 5.32 Å². The molecule has 0 fully saturated rings. The molecule has 0 saturated carbocycles. The van der Waals surface area contributed by atoms with Crippen molar-refractivity contribution in [3.05, 3.63) is 29.3 Å². The van der Waals surface area contributed by atoms with Gasteiger partial charge in [0.15, 0.2) is 0 Å². The largest absolute Gasteiger partial charge is 0.372 e. The summed E-state index contributed by atoms with van der Waals surface area (Å²) in [7, 11) is 0. The number of hydrogen-bond donors (Lipinski definition) is 1. The van der Waals surface area contributed by atoms with Gasteiger partial charge in [0.05, 0.1) is 0 Å². The predicted molar refractivity (Wildman–Crippen MR) is 76.7 cm³/mol. The van der Waals surface area contributed by atoms with E-state index in [1.165, 1.54) is 16.8 Å². The number of aryl methyl sites for hydroxylation is 1. The molecule has 0 radical (unpaired) electrons. The first kappa shape index (κ1) is 14.0. The Morgan fingerprint density at radius 1 is 1.18 bits per heavy atom. The molecule has 2 heteroatoms. The normalized spacial score (nSPS) is 10.9. The van der Waals surface area contributed by atoms with Crippen molar-refractivity contribution in [1.29, 1.82) is 0 Å². The monoisotopic (exact) mass is 234 g/mol. The summed E-state index contributed by atoms with van der Waals surface area (Å²) in [6, 6.07) is 7.32. The van der Waals surface area contributed by atoms with Crippen LogP contribution in [0.4, 0.5) is 5.69 Å². The van der Waals surface area contributed by atoms with Gasteiger partial charge in [0.1, 0.15) is 0 Å². The van der Waals surface area contributed by atoms with Crippen LogP contribution in [0.2, 0.25) is 0 Å². The molecule has 2 nitrogen and oxygen atoms in total. The van der Waals surface area contributed by atoms with Crippen molar-refractivity contribution in [3.8, 4) is 0 Å². The Labute approximate surface area is 106 Å². The summed E-state index contributed by atoms with van der Waals surface area (Å²) in [5, 5.41) is 3.47. The Kier molecular flexibility index (Phi) is 5.49. The van der Waals surface area contributed by atoms with E-state index in [0.29, 0.717) is 6.04 Å². The molecule has 0 aromatic heterocycles. The van der Waals surface area contributed by atoms with Crippen LogP contribution in [0.1, 0.15) is 38.8 Å². The van der Waals surface area contributed by atoms with Crippen molar-refractivity contribution in [2.45, 2.75) is 47.2 Å². The maximum Gasteiger partial charge on any atom is 0.0368 e. The number of nitrogens with zero attached hydrogens (tertiary/aromatic N) is 1. The smallest absolute Gasteiger partial charge is 0.0368 e. The Morgan fingerprint density at radius 3 is 2.29 bits per heavy atom. The molecule has 0 aliphatic heterocycles. The first-order valence-electron chi connectivity index (χ1n) is 6.66. The average Bonchev–Trinajstić information content (AvgIpc) is 2.29. The van der Waals surface area contributed by atoms with Gasteiger partial charge in [-0.05, 0) is 44.0 Å². The van der Waals surface area contributed by atoms with Gasteiger partial charge in [0.2, 0.25) is 0 Å². The van der Waals surface area contributed by atoms with Crippen LogP contribution in [0.25, 0.3) is 0 Å². The molecular weight excluding hydrogens is 208 g/mol. The van der Waals surface area contributed by atoms with Gasteiger partial charge in [-0.25, -0.2) is 0 Å². The van der Waals surface area contributed by atoms with Crippen LogP contribution in [0.3, 0.4) is 0 Å². The molecule has 1 aromatic rings. The van der Waals surface area contributed by atoms with Crippen LogP contribution in [-0.2, 0) is 6.54 Å². The van der Waals surface area contributed by atoms with Crippen LogP contribution >= 0.6 is 0 Å². The highest BCUT2D eigenvalue weighted by Gasteiger charge is 2.05. The third-order valence-corrected chi connectivity index (χ3v) is 3.16. The zero-order valence-electron chi connectivity index (χ0n) is 11.9. The van der Waals surface area contributed by atoms with Gasteiger partial charge in [-0.15, -0.1) is 0 Å². The van der Waals surface area contributed by atoms with E-state index in [4.69, 9.17) is 0 Å². The fourth-order valence-corrected chi connectivity index (χ4v) is 1.98. The lowest BCUT2D eigenvalue weighted by Gasteiger charge is -2.22. The van der Waals surface area contributed by atoms with E-state index >= 15 is 0 Å². The van der Waals surface area contributed by atoms with Crippen molar-refractivity contribution < 1.29 is 0 Å². The van der Waals surface area contributed by atoms with E-state index < -0.39 is 0 Å². The van der Waals surface area contributed by atoms with Crippen LogP contribution in [-0.4, -0.2) is 19.1 Å². The molecule has 0 bridgehead atoms. The molecule has 17 heavy (non-hydrogen) atoms. The van der Waals surface area contributed by atoms with Crippen LogP contribution in [0, 0.1) is 6.92 Å². The molecule has 0 aliphatic rings. The number of rotatable bonds is 6. The first-order valence-corrected chi connectivity index (χ1v) is 6.66. The Morgan fingerprint density at radius 2 is 1.82 bits per heavy atom. The summed E-state index contributed by atoms with van der Waals surface area (Å²) in [6.45, 7) is 14.1. The summed E-state index contributed by atoms with van der Waals surface area (Å²) in [6.07, 6.45) is 0. The van der Waals surface area contributed by atoms with Crippen molar-refractivity contribution in [2.24, 2.45) is 0 Å².